The van der Waals surface area contributed by atoms with Crippen molar-refractivity contribution in [2.24, 2.45) is 0 Å². The molecule has 0 spiro atoms. The summed E-state index contributed by atoms with van der Waals surface area (Å²) in [6.07, 6.45) is 0. The lowest BCUT2D eigenvalue weighted by Gasteiger charge is -2.16. The average molecular weight is 377 g/mol. The van der Waals surface area contributed by atoms with E-state index in [-0.39, 0.29) is 10.8 Å². The Labute approximate surface area is 154 Å². The largest absolute Gasteiger partial charge is 0.497 e. The molecule has 2 aromatic rings. The fraction of sp³-hybridized carbons (Fsp3) is 0.278. The Bertz CT molecular complexity index is 864. The second-order valence-corrected chi connectivity index (χ2v) is 8.05. The van der Waals surface area contributed by atoms with E-state index in [2.05, 4.69) is 10.6 Å². The van der Waals surface area contributed by atoms with Gasteiger partial charge >= 0.3 is 0 Å². The van der Waals surface area contributed by atoms with Crippen molar-refractivity contribution in [2.45, 2.75) is 17.9 Å². The van der Waals surface area contributed by atoms with E-state index in [9.17, 15) is 13.2 Å². The minimum atomic E-state index is -3.56. The van der Waals surface area contributed by atoms with E-state index in [1.165, 1.54) is 26.2 Å². The quantitative estimate of drug-likeness (QED) is 0.774. The van der Waals surface area contributed by atoms with E-state index in [0.29, 0.717) is 5.69 Å². The normalized spacial score (nSPS) is 12.5. The topological polar surface area (TPSA) is 87.7 Å². The van der Waals surface area contributed by atoms with E-state index < -0.39 is 16.1 Å². The number of carbonyl (C=O) groups excluding carboxylic acids is 1. The number of rotatable bonds is 7. The van der Waals surface area contributed by atoms with Crippen molar-refractivity contribution in [3.8, 4) is 5.75 Å². The van der Waals surface area contributed by atoms with E-state index in [0.717, 1.165) is 15.7 Å². The Morgan fingerprint density at radius 2 is 1.73 bits per heavy atom. The Balaban J connectivity index is 2.06. The average Bonchev–Trinajstić information content (AvgIpc) is 2.62. The van der Waals surface area contributed by atoms with Gasteiger partial charge in [-0.05, 0) is 49.4 Å². The maximum atomic E-state index is 12.4. The molecule has 0 heterocycles. The van der Waals surface area contributed by atoms with Gasteiger partial charge in [-0.15, -0.1) is 0 Å². The molecule has 0 aliphatic rings. The monoisotopic (exact) mass is 377 g/mol. The molecule has 2 aromatic carbocycles. The number of carbonyl (C=O) groups is 1. The van der Waals surface area contributed by atoms with Crippen LogP contribution in [0.5, 0.6) is 5.75 Å². The molecule has 0 fully saturated rings. The molecule has 7 nitrogen and oxygen atoms in total. The summed E-state index contributed by atoms with van der Waals surface area (Å²) < 4.78 is 30.6. The van der Waals surface area contributed by atoms with Crippen LogP contribution in [0.15, 0.2) is 53.4 Å². The molecule has 0 aliphatic carbocycles. The molecule has 0 aliphatic heterocycles. The van der Waals surface area contributed by atoms with Crippen molar-refractivity contribution in [2.75, 3.05) is 31.8 Å². The van der Waals surface area contributed by atoms with Crippen molar-refractivity contribution >= 4 is 27.3 Å². The number of hydrogen-bond donors (Lipinski definition) is 2. The SMILES string of the molecule is COc1ccc(N[C@@H](C)C(=O)Nc2cccc(S(=O)(=O)N(C)C)c2)cc1. The molecule has 2 rings (SSSR count). The zero-order chi connectivity index (χ0) is 19.3. The summed E-state index contributed by atoms with van der Waals surface area (Å²) in [5.74, 6) is 0.451. The van der Waals surface area contributed by atoms with Gasteiger partial charge in [-0.3, -0.25) is 4.79 Å². The number of sulfonamides is 1. The van der Waals surface area contributed by atoms with Gasteiger partial charge in [0.15, 0.2) is 0 Å². The summed E-state index contributed by atoms with van der Waals surface area (Å²) in [6.45, 7) is 1.72. The third kappa shape index (κ3) is 4.74. The van der Waals surface area contributed by atoms with Crippen molar-refractivity contribution in [3.05, 3.63) is 48.5 Å². The molecule has 0 unspecified atom stereocenters. The van der Waals surface area contributed by atoms with Crippen LogP contribution in [-0.2, 0) is 14.8 Å². The van der Waals surface area contributed by atoms with E-state index in [1.54, 1.807) is 38.3 Å². The zero-order valence-electron chi connectivity index (χ0n) is 15.2. The minimum Gasteiger partial charge on any atom is -0.497 e. The molecule has 140 valence electrons. The molecule has 0 saturated carbocycles. The highest BCUT2D eigenvalue weighted by Gasteiger charge is 2.18. The van der Waals surface area contributed by atoms with Gasteiger partial charge in [0.2, 0.25) is 15.9 Å². The van der Waals surface area contributed by atoms with Crippen LogP contribution in [0.2, 0.25) is 0 Å². The van der Waals surface area contributed by atoms with Crippen LogP contribution in [-0.4, -0.2) is 45.9 Å². The van der Waals surface area contributed by atoms with Gasteiger partial charge in [-0.1, -0.05) is 6.07 Å². The van der Waals surface area contributed by atoms with E-state index in [1.807, 2.05) is 12.1 Å². The van der Waals surface area contributed by atoms with Crippen LogP contribution in [0.25, 0.3) is 0 Å². The summed E-state index contributed by atoms with van der Waals surface area (Å²) in [5.41, 5.74) is 1.19. The summed E-state index contributed by atoms with van der Waals surface area (Å²) in [6, 6.07) is 12.9. The molecule has 0 radical (unpaired) electrons. The first-order valence-electron chi connectivity index (χ1n) is 7.98. The van der Waals surface area contributed by atoms with E-state index >= 15 is 0 Å². The van der Waals surface area contributed by atoms with Crippen molar-refractivity contribution in [1.82, 2.24) is 4.31 Å². The molecule has 2 N–H and O–H groups in total. The lowest BCUT2D eigenvalue weighted by molar-refractivity contribution is -0.116. The molecule has 0 aromatic heterocycles. The van der Waals surface area contributed by atoms with Crippen molar-refractivity contribution in [3.63, 3.8) is 0 Å². The minimum absolute atomic E-state index is 0.121. The first-order chi connectivity index (χ1) is 12.2. The highest BCUT2D eigenvalue weighted by Crippen LogP contribution is 2.19. The van der Waals surface area contributed by atoms with Gasteiger partial charge in [0.25, 0.3) is 0 Å². The summed E-state index contributed by atoms with van der Waals surface area (Å²) in [5, 5.41) is 5.81. The number of hydrogen-bond acceptors (Lipinski definition) is 5. The summed E-state index contributed by atoms with van der Waals surface area (Å²) >= 11 is 0. The summed E-state index contributed by atoms with van der Waals surface area (Å²) in [4.78, 5) is 12.5. The number of amides is 1. The smallest absolute Gasteiger partial charge is 0.246 e. The van der Waals surface area contributed by atoms with Crippen LogP contribution in [0.3, 0.4) is 0 Å². The Hall–Kier alpha value is -2.58. The number of nitrogens with zero attached hydrogens (tertiary/aromatic N) is 1. The molecule has 26 heavy (non-hydrogen) atoms. The van der Waals surface area contributed by atoms with Crippen LogP contribution in [0.4, 0.5) is 11.4 Å². The Morgan fingerprint density at radius 1 is 1.08 bits per heavy atom. The molecule has 0 bridgehead atoms. The number of benzene rings is 2. The molecular formula is C18H23N3O4S. The number of nitrogens with one attached hydrogen (secondary N) is 2. The van der Waals surface area contributed by atoms with Gasteiger partial charge < -0.3 is 15.4 Å². The highest BCUT2D eigenvalue weighted by molar-refractivity contribution is 7.89. The number of ether oxygens (including phenoxy) is 1. The molecular weight excluding hydrogens is 354 g/mol. The molecule has 8 heteroatoms. The second kappa shape index (κ2) is 8.20. The Kier molecular flexibility index (Phi) is 6.23. The molecule has 1 amide bonds. The predicted octanol–water partition coefficient (Wildman–Crippen LogP) is 2.38. The summed E-state index contributed by atoms with van der Waals surface area (Å²) in [7, 11) is 0.950. The van der Waals surface area contributed by atoms with Gasteiger partial charge in [0.1, 0.15) is 11.8 Å². The standard InChI is InChI=1S/C18H23N3O4S/c1-13(19-14-8-10-16(25-4)11-9-14)18(22)20-15-6-5-7-17(12-15)26(23,24)21(2)3/h5-13,19H,1-4H3,(H,20,22)/t13-/m0/s1. The maximum Gasteiger partial charge on any atom is 0.246 e. The fourth-order valence-corrected chi connectivity index (χ4v) is 3.15. The maximum absolute atomic E-state index is 12.4. The molecule has 0 saturated heterocycles. The first kappa shape index (κ1) is 19.7. The van der Waals surface area contributed by atoms with Crippen molar-refractivity contribution < 1.29 is 17.9 Å². The van der Waals surface area contributed by atoms with Crippen molar-refractivity contribution in [1.29, 1.82) is 0 Å². The second-order valence-electron chi connectivity index (χ2n) is 5.90. The third-order valence-corrected chi connectivity index (χ3v) is 5.56. The van der Waals surface area contributed by atoms with Gasteiger partial charge in [-0.2, -0.15) is 0 Å². The van der Waals surface area contributed by atoms with Crippen LogP contribution in [0.1, 0.15) is 6.92 Å². The molecule has 1 atom stereocenters. The van der Waals surface area contributed by atoms with Gasteiger partial charge in [0, 0.05) is 25.5 Å². The van der Waals surface area contributed by atoms with Crippen LogP contribution < -0.4 is 15.4 Å². The predicted molar refractivity (Wildman–Crippen MR) is 102 cm³/mol. The van der Waals surface area contributed by atoms with E-state index in [4.69, 9.17) is 4.74 Å². The third-order valence-electron chi connectivity index (χ3n) is 3.75. The Morgan fingerprint density at radius 3 is 2.31 bits per heavy atom. The lowest BCUT2D eigenvalue weighted by atomic mass is 10.2. The lowest BCUT2D eigenvalue weighted by Crippen LogP contribution is -2.32. The van der Waals surface area contributed by atoms with Crippen LogP contribution >= 0.6 is 0 Å². The first-order valence-corrected chi connectivity index (χ1v) is 9.42. The number of anilines is 2. The zero-order valence-corrected chi connectivity index (χ0v) is 16.0. The fourth-order valence-electron chi connectivity index (χ4n) is 2.20. The van der Waals surface area contributed by atoms with Gasteiger partial charge in [-0.25, -0.2) is 12.7 Å². The van der Waals surface area contributed by atoms with Crippen LogP contribution in [0, 0.1) is 0 Å². The highest BCUT2D eigenvalue weighted by atomic mass is 32.2. The van der Waals surface area contributed by atoms with Gasteiger partial charge in [0.05, 0.1) is 12.0 Å². The number of methoxy groups -OCH3 is 1.